The molecule has 1 heterocycles. The molecule has 0 aromatic carbocycles. The first-order valence-electron chi connectivity index (χ1n) is 3.78. The van der Waals surface area contributed by atoms with Gasteiger partial charge in [-0.2, -0.15) is 4.98 Å². The second-order valence-corrected chi connectivity index (χ2v) is 3.88. The molecular formula is C8H14N2O. The van der Waals surface area contributed by atoms with Crippen molar-refractivity contribution in [3.63, 3.8) is 0 Å². The molecule has 0 radical (unpaired) electrons. The van der Waals surface area contributed by atoms with Crippen LogP contribution in [0.2, 0.25) is 0 Å². The Morgan fingerprint density at radius 2 is 2.09 bits per heavy atom. The summed E-state index contributed by atoms with van der Waals surface area (Å²) in [7, 11) is 0. The van der Waals surface area contributed by atoms with Gasteiger partial charge in [0, 0.05) is 5.92 Å². The van der Waals surface area contributed by atoms with Gasteiger partial charge < -0.3 is 4.52 Å². The van der Waals surface area contributed by atoms with Crippen molar-refractivity contribution in [3.8, 4) is 0 Å². The van der Waals surface area contributed by atoms with Crippen molar-refractivity contribution < 1.29 is 4.52 Å². The molecule has 0 fully saturated rings. The van der Waals surface area contributed by atoms with Gasteiger partial charge in [-0.3, -0.25) is 0 Å². The van der Waals surface area contributed by atoms with Crippen molar-refractivity contribution in [2.75, 3.05) is 0 Å². The van der Waals surface area contributed by atoms with E-state index >= 15 is 0 Å². The first kappa shape index (κ1) is 8.24. The zero-order chi connectivity index (χ0) is 8.48. The molecule has 0 bridgehead atoms. The van der Waals surface area contributed by atoms with E-state index < -0.39 is 0 Å². The van der Waals surface area contributed by atoms with E-state index in [1.165, 1.54) is 6.39 Å². The molecule has 0 saturated heterocycles. The minimum atomic E-state index is 0.198. The maximum atomic E-state index is 4.67. The Balaban J connectivity index is 2.78. The fourth-order valence-electron chi connectivity index (χ4n) is 0.757. The van der Waals surface area contributed by atoms with Crippen LogP contribution in [0.15, 0.2) is 10.9 Å². The molecule has 0 aliphatic heterocycles. The second kappa shape index (κ2) is 2.64. The SMILES string of the molecule is CC(c1ncon1)C(C)(C)C. The zero-order valence-electron chi connectivity index (χ0n) is 7.46. The quantitative estimate of drug-likeness (QED) is 0.622. The molecule has 0 amide bonds. The van der Waals surface area contributed by atoms with Crippen molar-refractivity contribution in [2.45, 2.75) is 33.6 Å². The zero-order valence-corrected chi connectivity index (χ0v) is 7.46. The smallest absolute Gasteiger partial charge is 0.213 e. The molecule has 1 atom stereocenters. The van der Waals surface area contributed by atoms with Gasteiger partial charge in [0.1, 0.15) is 0 Å². The minimum Gasteiger partial charge on any atom is -0.343 e. The Morgan fingerprint density at radius 3 is 2.45 bits per heavy atom. The first-order chi connectivity index (χ1) is 5.02. The van der Waals surface area contributed by atoms with E-state index in [0.29, 0.717) is 5.92 Å². The number of rotatable bonds is 1. The third kappa shape index (κ3) is 1.79. The van der Waals surface area contributed by atoms with Crippen molar-refractivity contribution >= 4 is 0 Å². The molecule has 1 aromatic rings. The topological polar surface area (TPSA) is 38.9 Å². The first-order valence-corrected chi connectivity index (χ1v) is 3.78. The summed E-state index contributed by atoms with van der Waals surface area (Å²) in [4.78, 5) is 4.00. The van der Waals surface area contributed by atoms with Crippen LogP contribution < -0.4 is 0 Å². The van der Waals surface area contributed by atoms with Crippen molar-refractivity contribution in [3.05, 3.63) is 12.2 Å². The third-order valence-electron chi connectivity index (χ3n) is 2.06. The molecule has 0 aliphatic rings. The summed E-state index contributed by atoms with van der Waals surface area (Å²) in [5, 5.41) is 3.80. The van der Waals surface area contributed by atoms with E-state index in [1.54, 1.807) is 0 Å². The van der Waals surface area contributed by atoms with E-state index in [4.69, 9.17) is 0 Å². The molecule has 1 unspecified atom stereocenters. The van der Waals surface area contributed by atoms with E-state index in [2.05, 4.69) is 42.4 Å². The highest BCUT2D eigenvalue weighted by molar-refractivity contribution is 4.95. The van der Waals surface area contributed by atoms with Crippen LogP contribution in [0.3, 0.4) is 0 Å². The fraction of sp³-hybridized carbons (Fsp3) is 0.750. The Hall–Kier alpha value is -0.860. The highest BCUT2D eigenvalue weighted by Crippen LogP contribution is 2.31. The van der Waals surface area contributed by atoms with Gasteiger partial charge in [-0.1, -0.05) is 32.9 Å². The highest BCUT2D eigenvalue weighted by Gasteiger charge is 2.24. The monoisotopic (exact) mass is 154 g/mol. The Labute approximate surface area is 66.8 Å². The summed E-state index contributed by atoms with van der Waals surface area (Å²) in [6, 6.07) is 0. The molecule has 62 valence electrons. The van der Waals surface area contributed by atoms with Gasteiger partial charge >= 0.3 is 0 Å². The lowest BCUT2D eigenvalue weighted by Crippen LogP contribution is -2.16. The lowest BCUT2D eigenvalue weighted by atomic mass is 9.82. The van der Waals surface area contributed by atoms with Gasteiger partial charge in [0.15, 0.2) is 5.82 Å². The summed E-state index contributed by atoms with van der Waals surface area (Å²) in [6.45, 7) is 8.58. The predicted octanol–water partition coefficient (Wildman–Crippen LogP) is 2.22. The normalized spacial score (nSPS) is 14.9. The van der Waals surface area contributed by atoms with E-state index in [9.17, 15) is 0 Å². The molecule has 1 rings (SSSR count). The van der Waals surface area contributed by atoms with Crippen LogP contribution in [0, 0.1) is 5.41 Å². The predicted molar refractivity (Wildman–Crippen MR) is 42.2 cm³/mol. The van der Waals surface area contributed by atoms with Crippen molar-refractivity contribution in [2.24, 2.45) is 5.41 Å². The average molecular weight is 154 g/mol. The summed E-state index contributed by atoms with van der Waals surface area (Å²) in [6.07, 6.45) is 1.37. The number of hydrogen-bond donors (Lipinski definition) is 0. The van der Waals surface area contributed by atoms with Gasteiger partial charge in [0.2, 0.25) is 6.39 Å². The molecule has 1 aromatic heterocycles. The lowest BCUT2D eigenvalue weighted by Gasteiger charge is -2.23. The van der Waals surface area contributed by atoms with Gasteiger partial charge in [0.25, 0.3) is 0 Å². The molecule has 0 N–H and O–H groups in total. The fourth-order valence-corrected chi connectivity index (χ4v) is 0.757. The maximum Gasteiger partial charge on any atom is 0.213 e. The second-order valence-electron chi connectivity index (χ2n) is 3.88. The number of hydrogen-bond acceptors (Lipinski definition) is 3. The molecule has 0 saturated carbocycles. The summed E-state index contributed by atoms with van der Waals surface area (Å²) in [5.41, 5.74) is 0.198. The maximum absolute atomic E-state index is 4.67. The minimum absolute atomic E-state index is 0.198. The van der Waals surface area contributed by atoms with E-state index in [0.717, 1.165) is 5.82 Å². The van der Waals surface area contributed by atoms with Crippen LogP contribution in [-0.2, 0) is 0 Å². The standard InChI is InChI=1S/C8H14N2O/c1-6(8(2,3)4)7-9-5-11-10-7/h5-6H,1-4H3. The van der Waals surface area contributed by atoms with Crippen LogP contribution in [0.4, 0.5) is 0 Å². The number of aromatic nitrogens is 2. The van der Waals surface area contributed by atoms with Crippen LogP contribution in [-0.4, -0.2) is 10.1 Å². The Kier molecular flexibility index (Phi) is 1.98. The van der Waals surface area contributed by atoms with Crippen LogP contribution >= 0.6 is 0 Å². The summed E-state index contributed by atoms with van der Waals surface area (Å²) in [5.74, 6) is 1.12. The van der Waals surface area contributed by atoms with Gasteiger partial charge in [-0.15, -0.1) is 0 Å². The van der Waals surface area contributed by atoms with Gasteiger partial charge in [-0.25, -0.2) is 0 Å². The van der Waals surface area contributed by atoms with Crippen LogP contribution in [0.1, 0.15) is 39.4 Å². The highest BCUT2D eigenvalue weighted by atomic mass is 16.5. The van der Waals surface area contributed by atoms with Gasteiger partial charge in [0.05, 0.1) is 0 Å². The van der Waals surface area contributed by atoms with Gasteiger partial charge in [-0.05, 0) is 5.41 Å². The summed E-state index contributed by atoms with van der Waals surface area (Å²) < 4.78 is 4.67. The molecule has 3 heteroatoms. The Morgan fingerprint density at radius 1 is 1.45 bits per heavy atom. The molecule has 0 spiro atoms. The van der Waals surface area contributed by atoms with Crippen LogP contribution in [0.5, 0.6) is 0 Å². The van der Waals surface area contributed by atoms with Crippen molar-refractivity contribution in [1.82, 2.24) is 10.1 Å². The number of nitrogens with zero attached hydrogens (tertiary/aromatic N) is 2. The van der Waals surface area contributed by atoms with Crippen LogP contribution in [0.25, 0.3) is 0 Å². The largest absolute Gasteiger partial charge is 0.343 e. The lowest BCUT2D eigenvalue weighted by molar-refractivity contribution is 0.314. The summed E-state index contributed by atoms with van der Waals surface area (Å²) >= 11 is 0. The van der Waals surface area contributed by atoms with E-state index in [1.807, 2.05) is 0 Å². The molecule has 0 aliphatic carbocycles. The van der Waals surface area contributed by atoms with Crippen molar-refractivity contribution in [1.29, 1.82) is 0 Å². The van der Waals surface area contributed by atoms with E-state index in [-0.39, 0.29) is 5.41 Å². The Bertz CT molecular complexity index is 210. The third-order valence-corrected chi connectivity index (χ3v) is 2.06. The molecular weight excluding hydrogens is 140 g/mol. The molecule has 3 nitrogen and oxygen atoms in total. The average Bonchev–Trinajstić information content (AvgIpc) is 2.34. The molecule has 11 heavy (non-hydrogen) atoms.